The molecule has 116 valence electrons. The second-order valence-corrected chi connectivity index (χ2v) is 7.47. The fourth-order valence-corrected chi connectivity index (χ4v) is 4.02. The number of carbonyl (C=O) groups excluding carboxylic acids is 1. The summed E-state index contributed by atoms with van der Waals surface area (Å²) in [6, 6.07) is 3.81. The highest BCUT2D eigenvalue weighted by Crippen LogP contribution is 2.26. The third-order valence-corrected chi connectivity index (χ3v) is 4.78. The van der Waals surface area contributed by atoms with Crippen LogP contribution in [-0.4, -0.2) is 45.9 Å². The Bertz CT molecular complexity index is 496. The summed E-state index contributed by atoms with van der Waals surface area (Å²) in [5, 5.41) is 4.21. The summed E-state index contributed by atoms with van der Waals surface area (Å²) in [5.41, 5.74) is 1.72. The van der Waals surface area contributed by atoms with E-state index in [0.717, 1.165) is 43.1 Å². The molecule has 21 heavy (non-hydrogen) atoms. The van der Waals surface area contributed by atoms with Gasteiger partial charge in [-0.15, -0.1) is 0 Å². The minimum atomic E-state index is 0.130. The Morgan fingerprint density at radius 3 is 2.57 bits per heavy atom. The van der Waals surface area contributed by atoms with E-state index >= 15 is 0 Å². The summed E-state index contributed by atoms with van der Waals surface area (Å²) >= 11 is 1.96. The fraction of sp³-hybridized carbons (Fsp3) is 0.625. The zero-order valence-electron chi connectivity index (χ0n) is 13.3. The van der Waals surface area contributed by atoms with Gasteiger partial charge in [0.25, 0.3) is 5.91 Å². The number of amides is 1. The van der Waals surface area contributed by atoms with E-state index in [2.05, 4.69) is 31.1 Å². The minimum absolute atomic E-state index is 0.130. The van der Waals surface area contributed by atoms with Crippen LogP contribution in [0.5, 0.6) is 0 Å². The molecule has 2 atom stereocenters. The summed E-state index contributed by atoms with van der Waals surface area (Å²) in [6.07, 6.45) is 0.835. The number of anilines is 1. The number of nitrogens with zero attached hydrogens (tertiary/aromatic N) is 2. The van der Waals surface area contributed by atoms with Crippen LogP contribution in [0.15, 0.2) is 12.1 Å². The van der Waals surface area contributed by atoms with Gasteiger partial charge < -0.3 is 10.2 Å². The van der Waals surface area contributed by atoms with E-state index in [9.17, 15) is 4.79 Å². The molecule has 2 heterocycles. The van der Waals surface area contributed by atoms with Crippen molar-refractivity contribution in [1.29, 1.82) is 0 Å². The van der Waals surface area contributed by atoms with Gasteiger partial charge in [-0.05, 0) is 25.5 Å². The highest BCUT2D eigenvalue weighted by atomic mass is 32.2. The second kappa shape index (κ2) is 7.16. The number of thioether (sulfide) groups is 1. The Morgan fingerprint density at radius 1 is 1.33 bits per heavy atom. The van der Waals surface area contributed by atoms with Crippen molar-refractivity contribution in [3.8, 4) is 0 Å². The van der Waals surface area contributed by atoms with E-state index in [1.807, 2.05) is 35.7 Å². The fourth-order valence-electron chi connectivity index (χ4n) is 2.69. The van der Waals surface area contributed by atoms with Crippen molar-refractivity contribution in [2.75, 3.05) is 25.0 Å². The molecule has 5 heteroatoms. The highest BCUT2D eigenvalue weighted by Gasteiger charge is 2.27. The van der Waals surface area contributed by atoms with Crippen LogP contribution in [0.3, 0.4) is 0 Å². The van der Waals surface area contributed by atoms with Crippen molar-refractivity contribution >= 4 is 23.5 Å². The molecule has 1 N–H and O–H groups in total. The largest absolute Gasteiger partial charge is 0.370 e. The molecule has 1 amide bonds. The molecule has 1 aliphatic rings. The van der Waals surface area contributed by atoms with Crippen LogP contribution in [0.4, 0.5) is 5.82 Å². The molecule has 1 aromatic rings. The van der Waals surface area contributed by atoms with Crippen molar-refractivity contribution in [1.82, 2.24) is 9.88 Å². The van der Waals surface area contributed by atoms with Crippen LogP contribution in [0.1, 0.15) is 43.7 Å². The third-order valence-electron chi connectivity index (χ3n) is 3.55. The lowest BCUT2D eigenvalue weighted by Gasteiger charge is -2.34. The van der Waals surface area contributed by atoms with Crippen LogP contribution in [0, 0.1) is 0 Å². The maximum Gasteiger partial charge on any atom is 0.254 e. The number of carbonyl (C=O) groups is 1. The molecular weight excluding hydrogens is 282 g/mol. The average molecular weight is 307 g/mol. The first-order chi connectivity index (χ1) is 10.0. The highest BCUT2D eigenvalue weighted by molar-refractivity contribution is 8.00. The number of hydrogen-bond acceptors (Lipinski definition) is 4. The Labute approximate surface area is 131 Å². The van der Waals surface area contributed by atoms with Crippen molar-refractivity contribution in [2.24, 2.45) is 0 Å². The van der Waals surface area contributed by atoms with E-state index in [1.54, 1.807) is 0 Å². The van der Waals surface area contributed by atoms with Crippen molar-refractivity contribution in [2.45, 2.75) is 44.6 Å². The number of nitrogens with one attached hydrogen (secondary N) is 1. The summed E-state index contributed by atoms with van der Waals surface area (Å²) in [4.78, 5) is 19.3. The maximum absolute atomic E-state index is 12.8. The van der Waals surface area contributed by atoms with Crippen molar-refractivity contribution in [3.05, 3.63) is 23.4 Å². The van der Waals surface area contributed by atoms with Gasteiger partial charge in [0.2, 0.25) is 0 Å². The number of hydrogen-bond donors (Lipinski definition) is 1. The van der Waals surface area contributed by atoms with Gasteiger partial charge in [0.15, 0.2) is 0 Å². The SMILES string of the molecule is CCNc1cc(C(=O)N2CC(C)SC(C)C2)cc(CC)n1. The monoisotopic (exact) mass is 307 g/mol. The lowest BCUT2D eigenvalue weighted by atomic mass is 10.1. The van der Waals surface area contributed by atoms with Crippen LogP contribution in [-0.2, 0) is 6.42 Å². The molecule has 1 fully saturated rings. The third kappa shape index (κ3) is 4.13. The predicted octanol–water partition coefficient (Wildman–Crippen LogP) is 3.04. The van der Waals surface area contributed by atoms with Gasteiger partial charge in [0.05, 0.1) is 0 Å². The van der Waals surface area contributed by atoms with Gasteiger partial charge in [-0.2, -0.15) is 11.8 Å². The van der Waals surface area contributed by atoms with E-state index < -0.39 is 0 Å². The Kier molecular flexibility index (Phi) is 5.51. The molecule has 1 aromatic heterocycles. The molecule has 2 unspecified atom stereocenters. The number of rotatable bonds is 4. The first-order valence-corrected chi connectivity index (χ1v) is 8.67. The minimum Gasteiger partial charge on any atom is -0.370 e. The molecule has 0 saturated carbocycles. The predicted molar refractivity (Wildman–Crippen MR) is 90.2 cm³/mol. The summed E-state index contributed by atoms with van der Waals surface area (Å²) in [7, 11) is 0. The summed E-state index contributed by atoms with van der Waals surface area (Å²) in [5.74, 6) is 0.929. The number of pyridine rings is 1. The molecule has 0 spiro atoms. The van der Waals surface area contributed by atoms with E-state index in [4.69, 9.17) is 0 Å². The lowest BCUT2D eigenvalue weighted by Crippen LogP contribution is -2.44. The van der Waals surface area contributed by atoms with Crippen LogP contribution in [0.2, 0.25) is 0 Å². The van der Waals surface area contributed by atoms with Gasteiger partial charge in [-0.25, -0.2) is 4.98 Å². The molecule has 0 bridgehead atoms. The number of aryl methyl sites for hydroxylation is 1. The first kappa shape index (κ1) is 16.1. The average Bonchev–Trinajstić information content (AvgIpc) is 2.45. The molecule has 0 radical (unpaired) electrons. The van der Waals surface area contributed by atoms with E-state index in [-0.39, 0.29) is 5.91 Å². The van der Waals surface area contributed by atoms with Crippen LogP contribution in [0.25, 0.3) is 0 Å². The quantitative estimate of drug-likeness (QED) is 0.928. The molecule has 4 nitrogen and oxygen atoms in total. The Hall–Kier alpha value is -1.23. The molecule has 0 aromatic carbocycles. The standard InChI is InChI=1S/C16H25N3OS/c1-5-14-7-13(8-15(18-14)17-6-2)16(20)19-9-11(3)21-12(4)10-19/h7-8,11-12H,5-6,9-10H2,1-4H3,(H,17,18). The van der Waals surface area contributed by atoms with Crippen LogP contribution >= 0.6 is 11.8 Å². The van der Waals surface area contributed by atoms with Crippen LogP contribution < -0.4 is 5.32 Å². The Balaban J connectivity index is 2.23. The van der Waals surface area contributed by atoms with Crippen molar-refractivity contribution < 1.29 is 4.79 Å². The zero-order chi connectivity index (χ0) is 15.4. The lowest BCUT2D eigenvalue weighted by molar-refractivity contribution is 0.0753. The first-order valence-electron chi connectivity index (χ1n) is 7.73. The van der Waals surface area contributed by atoms with Gasteiger partial charge in [-0.3, -0.25) is 4.79 Å². The van der Waals surface area contributed by atoms with E-state index in [0.29, 0.717) is 10.5 Å². The normalized spacial score (nSPS) is 22.2. The molecule has 2 rings (SSSR count). The number of aromatic nitrogens is 1. The molecule has 1 aliphatic heterocycles. The molecule has 1 saturated heterocycles. The topological polar surface area (TPSA) is 45.2 Å². The molecular formula is C16H25N3OS. The summed E-state index contributed by atoms with van der Waals surface area (Å²) < 4.78 is 0. The maximum atomic E-state index is 12.8. The zero-order valence-corrected chi connectivity index (χ0v) is 14.2. The smallest absolute Gasteiger partial charge is 0.254 e. The van der Waals surface area contributed by atoms with Gasteiger partial charge in [-0.1, -0.05) is 20.8 Å². The second-order valence-electron chi connectivity index (χ2n) is 5.58. The van der Waals surface area contributed by atoms with Gasteiger partial charge in [0, 0.05) is 41.4 Å². The van der Waals surface area contributed by atoms with E-state index in [1.165, 1.54) is 0 Å². The Morgan fingerprint density at radius 2 is 2.00 bits per heavy atom. The molecule has 0 aliphatic carbocycles. The van der Waals surface area contributed by atoms with Crippen molar-refractivity contribution in [3.63, 3.8) is 0 Å². The van der Waals surface area contributed by atoms with Gasteiger partial charge >= 0.3 is 0 Å². The summed E-state index contributed by atoms with van der Waals surface area (Å²) in [6.45, 7) is 10.9. The van der Waals surface area contributed by atoms with Gasteiger partial charge in [0.1, 0.15) is 5.82 Å².